The summed E-state index contributed by atoms with van der Waals surface area (Å²) in [7, 11) is 1.81. The Morgan fingerprint density at radius 3 is 2.46 bits per heavy atom. The van der Waals surface area contributed by atoms with Crippen LogP contribution in [0.5, 0.6) is 11.8 Å². The van der Waals surface area contributed by atoms with Gasteiger partial charge in [-0.3, -0.25) is 4.98 Å². The molecule has 5 fully saturated rings. The number of methoxy groups -OCH3 is 1. The van der Waals surface area contributed by atoms with Gasteiger partial charge in [-0.25, -0.2) is 8.78 Å². The van der Waals surface area contributed by atoms with E-state index >= 15 is 4.39 Å². The van der Waals surface area contributed by atoms with Gasteiger partial charge in [0.25, 0.3) is 0 Å². The summed E-state index contributed by atoms with van der Waals surface area (Å²) in [6, 6.07) is 6.35. The lowest BCUT2D eigenvalue weighted by Gasteiger charge is -2.54. The third-order valence-corrected chi connectivity index (χ3v) is 11.4. The van der Waals surface area contributed by atoms with Crippen molar-refractivity contribution in [3.8, 4) is 35.4 Å². The van der Waals surface area contributed by atoms with E-state index in [1.807, 2.05) is 7.11 Å². The molecule has 0 amide bonds. The second-order valence-electron chi connectivity index (χ2n) is 13.7. The average molecular weight is 626 g/mol. The number of anilines is 1. The van der Waals surface area contributed by atoms with Crippen molar-refractivity contribution in [3.63, 3.8) is 0 Å². The van der Waals surface area contributed by atoms with Gasteiger partial charge in [0.1, 0.15) is 34.7 Å². The van der Waals surface area contributed by atoms with Crippen LogP contribution in [0.4, 0.5) is 14.6 Å². The predicted molar refractivity (Wildman–Crippen MR) is 172 cm³/mol. The van der Waals surface area contributed by atoms with Gasteiger partial charge in [-0.05, 0) is 81.9 Å². The van der Waals surface area contributed by atoms with Crippen molar-refractivity contribution in [1.29, 1.82) is 0 Å². The Balaban J connectivity index is 1.26. The number of hydrogen-bond acceptors (Lipinski definition) is 8. The number of pyridine rings is 1. The van der Waals surface area contributed by atoms with Gasteiger partial charge >= 0.3 is 6.01 Å². The first kappa shape index (κ1) is 29.3. The summed E-state index contributed by atoms with van der Waals surface area (Å²) >= 11 is 0. The minimum Gasteiger partial charge on any atom is -0.508 e. The highest BCUT2D eigenvalue weighted by molar-refractivity contribution is 6.03. The fourth-order valence-corrected chi connectivity index (χ4v) is 8.61. The molecule has 2 saturated heterocycles. The number of terminal acetylenes is 1. The van der Waals surface area contributed by atoms with Crippen LogP contribution in [-0.2, 0) is 4.74 Å². The number of aromatic nitrogens is 3. The number of halogens is 2. The molecule has 2 N–H and O–H groups in total. The van der Waals surface area contributed by atoms with Crippen molar-refractivity contribution in [2.45, 2.75) is 82.1 Å². The second kappa shape index (κ2) is 10.7. The highest BCUT2D eigenvalue weighted by Crippen LogP contribution is 2.56. The molecule has 0 spiro atoms. The first-order valence-corrected chi connectivity index (χ1v) is 16.2. The number of nitrogens with zero attached hydrogens (tertiary/aromatic N) is 4. The molecule has 4 heterocycles. The number of nitrogens with one attached hydrogen (secondary N) is 1. The van der Waals surface area contributed by atoms with Crippen molar-refractivity contribution in [2.24, 2.45) is 5.41 Å². The van der Waals surface area contributed by atoms with E-state index in [-0.39, 0.29) is 51.2 Å². The number of rotatable bonds is 6. The van der Waals surface area contributed by atoms with Crippen LogP contribution < -0.4 is 15.0 Å². The summed E-state index contributed by atoms with van der Waals surface area (Å²) < 4.78 is 44.2. The average Bonchev–Trinajstić information content (AvgIpc) is 3.42. The first-order chi connectivity index (χ1) is 22.2. The van der Waals surface area contributed by atoms with Crippen LogP contribution in [0.1, 0.15) is 63.9 Å². The van der Waals surface area contributed by atoms with E-state index in [9.17, 15) is 9.50 Å². The van der Waals surface area contributed by atoms with Crippen molar-refractivity contribution >= 4 is 27.5 Å². The molecule has 1 unspecified atom stereocenters. The molecular formula is C36H37F2N5O3. The van der Waals surface area contributed by atoms with Gasteiger partial charge in [-0.2, -0.15) is 9.97 Å². The number of phenolic OH excluding ortho intramolecular Hbond substituents is 1. The standard InChI is InChI=1S/C36H37F2N5O3/c1-4-25-28(37)8-5-21-15-24(44)16-26(29(21)25)31-30(38)32-27(17-39-31)33(43-18-22-6-7-23(19-43)40-22)42-34(41-32)46-20(2)35-9-12-36(45-3,13-10-35)14-11-35/h1,5,8,15-17,20,22-23,40,44H,6-7,9-14,18-19H2,2-3H3/t20?,22-,23+,35?,36?. The smallest absolute Gasteiger partial charge is 0.319 e. The molecular weight excluding hydrogens is 588 g/mol. The Hall–Kier alpha value is -4.07. The summed E-state index contributed by atoms with van der Waals surface area (Å²) in [5, 5.41) is 15.4. The fraction of sp³-hybridized carbons (Fsp3) is 0.472. The molecule has 9 rings (SSSR count). The van der Waals surface area contributed by atoms with Crippen molar-refractivity contribution < 1.29 is 23.4 Å². The van der Waals surface area contributed by atoms with E-state index in [1.54, 1.807) is 6.20 Å². The number of ether oxygens (including phenoxy) is 2. The maximum atomic E-state index is 16.9. The van der Waals surface area contributed by atoms with Crippen molar-refractivity contribution in [3.05, 3.63) is 47.7 Å². The van der Waals surface area contributed by atoms with E-state index in [1.165, 1.54) is 24.3 Å². The Bertz CT molecular complexity index is 1890. The Morgan fingerprint density at radius 1 is 1.07 bits per heavy atom. The summed E-state index contributed by atoms with van der Waals surface area (Å²) in [6.07, 6.45) is 15.2. The summed E-state index contributed by atoms with van der Waals surface area (Å²) in [5.74, 6) is 1.54. The fourth-order valence-electron chi connectivity index (χ4n) is 8.61. The van der Waals surface area contributed by atoms with Crippen LogP contribution in [0.3, 0.4) is 0 Å². The van der Waals surface area contributed by atoms with Gasteiger partial charge < -0.3 is 24.8 Å². The van der Waals surface area contributed by atoms with Crippen molar-refractivity contribution in [1.82, 2.24) is 20.3 Å². The zero-order chi connectivity index (χ0) is 31.8. The SMILES string of the molecule is C#Cc1c(F)ccc2cc(O)cc(-c3ncc4c(N5C[C@H]6CC[C@@H](C5)N6)nc(OC(C)C56CCC(OC)(CC5)CC6)nc4c3F)c12. The minimum absolute atomic E-state index is 0.0228. The van der Waals surface area contributed by atoms with Crippen LogP contribution in [0.25, 0.3) is 32.9 Å². The molecule has 2 aliphatic heterocycles. The molecule has 238 valence electrons. The van der Waals surface area contributed by atoms with Crippen LogP contribution in [0, 0.1) is 29.4 Å². The maximum absolute atomic E-state index is 16.9. The number of piperazine rings is 1. The monoisotopic (exact) mass is 625 g/mol. The van der Waals surface area contributed by atoms with Gasteiger partial charge in [-0.15, -0.1) is 6.42 Å². The zero-order valence-corrected chi connectivity index (χ0v) is 26.1. The molecule has 4 aromatic rings. The Morgan fingerprint density at radius 2 is 1.78 bits per heavy atom. The first-order valence-electron chi connectivity index (χ1n) is 16.2. The van der Waals surface area contributed by atoms with Crippen LogP contribution >= 0.6 is 0 Å². The molecule has 0 radical (unpaired) electrons. The summed E-state index contributed by atoms with van der Waals surface area (Å²) in [5.41, 5.74) is 0.0759. The Kier molecular flexibility index (Phi) is 6.85. The number of benzene rings is 2. The van der Waals surface area contributed by atoms with Gasteiger partial charge in [0.15, 0.2) is 5.82 Å². The van der Waals surface area contributed by atoms with Gasteiger partial charge in [0.05, 0.1) is 16.6 Å². The van der Waals surface area contributed by atoms with E-state index in [2.05, 4.69) is 33.0 Å². The molecule has 5 aliphatic rings. The topological polar surface area (TPSA) is 92.6 Å². The molecule has 3 aliphatic carbocycles. The third-order valence-electron chi connectivity index (χ3n) is 11.4. The van der Waals surface area contributed by atoms with Crippen LogP contribution in [-0.4, -0.2) is 64.0 Å². The zero-order valence-electron chi connectivity index (χ0n) is 26.1. The van der Waals surface area contributed by atoms with Gasteiger partial charge in [0.2, 0.25) is 0 Å². The molecule has 3 atom stereocenters. The highest BCUT2D eigenvalue weighted by atomic mass is 19.1. The van der Waals surface area contributed by atoms with Gasteiger partial charge in [-0.1, -0.05) is 12.0 Å². The number of hydrogen-bond donors (Lipinski definition) is 2. The number of phenols is 1. The van der Waals surface area contributed by atoms with Gasteiger partial charge in [0, 0.05) is 54.8 Å². The molecule has 3 saturated carbocycles. The maximum Gasteiger partial charge on any atom is 0.319 e. The van der Waals surface area contributed by atoms with E-state index in [0.29, 0.717) is 34.1 Å². The predicted octanol–water partition coefficient (Wildman–Crippen LogP) is 6.26. The number of fused-ring (bicyclic) bond motifs is 7. The van der Waals surface area contributed by atoms with E-state index < -0.39 is 11.6 Å². The van der Waals surface area contributed by atoms with E-state index in [4.69, 9.17) is 20.9 Å². The quantitative estimate of drug-likeness (QED) is 0.243. The lowest BCUT2D eigenvalue weighted by atomic mass is 9.56. The van der Waals surface area contributed by atoms with Crippen LogP contribution in [0.15, 0.2) is 30.5 Å². The number of aromatic hydroxyl groups is 1. The molecule has 46 heavy (non-hydrogen) atoms. The largest absolute Gasteiger partial charge is 0.508 e. The van der Waals surface area contributed by atoms with E-state index in [0.717, 1.165) is 64.5 Å². The molecule has 4 bridgehead atoms. The lowest BCUT2D eigenvalue weighted by molar-refractivity contribution is -0.142. The highest BCUT2D eigenvalue weighted by Gasteiger charge is 2.52. The molecule has 8 nitrogen and oxygen atoms in total. The van der Waals surface area contributed by atoms with Crippen molar-refractivity contribution in [2.75, 3.05) is 25.1 Å². The lowest BCUT2D eigenvalue weighted by Crippen LogP contribution is -2.52. The molecule has 2 aromatic heterocycles. The normalized spacial score (nSPS) is 27.7. The second-order valence-corrected chi connectivity index (χ2v) is 13.7. The molecule has 10 heteroatoms. The summed E-state index contributed by atoms with van der Waals surface area (Å²) in [6.45, 7) is 3.53. The Labute approximate surface area is 266 Å². The van der Waals surface area contributed by atoms with Crippen LogP contribution in [0.2, 0.25) is 0 Å². The minimum atomic E-state index is -0.714. The summed E-state index contributed by atoms with van der Waals surface area (Å²) in [4.78, 5) is 16.3. The molecule has 2 aromatic carbocycles. The third kappa shape index (κ3) is 4.58.